The molecule has 0 bridgehead atoms. The molecule has 3 aromatic rings. The van der Waals surface area contributed by atoms with E-state index in [1.807, 2.05) is 12.3 Å². The fraction of sp³-hybridized carbons (Fsp3) is 0.419. The van der Waals surface area contributed by atoms with E-state index in [-0.39, 0.29) is 0 Å². The number of hydrogen-bond donors (Lipinski definition) is 1. The summed E-state index contributed by atoms with van der Waals surface area (Å²) in [4.78, 5) is 13.2. The number of rotatable bonds is 5. The van der Waals surface area contributed by atoms with Crippen molar-refractivity contribution >= 4 is 22.9 Å². The van der Waals surface area contributed by atoms with Crippen LogP contribution in [0.5, 0.6) is 0 Å². The van der Waals surface area contributed by atoms with Gasteiger partial charge in [-0.2, -0.15) is 0 Å². The van der Waals surface area contributed by atoms with Gasteiger partial charge >= 0.3 is 0 Å². The summed E-state index contributed by atoms with van der Waals surface area (Å²) in [5.74, 6) is 0. The number of likely N-dealkylation sites (N-methyl/N-ethyl adjacent to an activating group) is 1. The lowest BCUT2D eigenvalue weighted by Crippen LogP contribution is -2.49. The highest BCUT2D eigenvalue weighted by atomic mass is 32.1. The number of fused-ring (bicyclic) bond motifs is 2. The van der Waals surface area contributed by atoms with Crippen molar-refractivity contribution in [2.24, 2.45) is 0 Å². The van der Waals surface area contributed by atoms with Gasteiger partial charge in [0, 0.05) is 62.8 Å². The molecule has 5 nitrogen and oxygen atoms in total. The van der Waals surface area contributed by atoms with Crippen molar-refractivity contribution in [3.63, 3.8) is 0 Å². The number of nitrogens with one attached hydrogen (secondary N) is 1. The standard InChI is InChI=1S/C31H37N5S/c1-34(29-14-5-10-23-12-7-15-32-30(23)29)22-26-20-27-25(21-33-26)11-6-13-28(27)35-16-18-36(19-17-35)31(37)24-8-3-2-4-9-24/h2-4,6-9,11-13,15,26,29,33H,5,10,14,16-22H2,1H3/t26-,29+/m1/s1. The minimum Gasteiger partial charge on any atom is -0.368 e. The molecule has 0 unspecified atom stereocenters. The van der Waals surface area contributed by atoms with E-state index >= 15 is 0 Å². The molecule has 1 aromatic heterocycles. The Bertz CT molecular complexity index is 1240. The highest BCUT2D eigenvalue weighted by Crippen LogP contribution is 2.33. The summed E-state index contributed by atoms with van der Waals surface area (Å²) in [5, 5.41) is 3.83. The molecule has 2 aliphatic heterocycles. The third-order valence-corrected chi connectivity index (χ3v) is 8.91. The molecule has 3 heterocycles. The molecule has 2 atom stereocenters. The summed E-state index contributed by atoms with van der Waals surface area (Å²) in [6, 6.07) is 22.5. The Labute approximate surface area is 226 Å². The number of hydrogen-bond acceptors (Lipinski definition) is 5. The largest absolute Gasteiger partial charge is 0.368 e. The molecule has 3 aliphatic rings. The van der Waals surface area contributed by atoms with Crippen molar-refractivity contribution in [3.8, 4) is 0 Å². The Kier molecular flexibility index (Phi) is 7.23. The molecular weight excluding hydrogens is 474 g/mol. The lowest BCUT2D eigenvalue weighted by atomic mass is 9.89. The van der Waals surface area contributed by atoms with Crippen LogP contribution in [-0.2, 0) is 19.4 Å². The van der Waals surface area contributed by atoms with Gasteiger partial charge in [0.05, 0.1) is 11.7 Å². The summed E-state index contributed by atoms with van der Waals surface area (Å²) in [7, 11) is 2.28. The van der Waals surface area contributed by atoms with Gasteiger partial charge in [0.25, 0.3) is 0 Å². The molecule has 1 saturated heterocycles. The molecular formula is C31H37N5S. The van der Waals surface area contributed by atoms with Crippen molar-refractivity contribution in [1.82, 2.24) is 20.1 Å². The first kappa shape index (κ1) is 24.5. The molecule has 1 aliphatic carbocycles. The average molecular weight is 512 g/mol. The van der Waals surface area contributed by atoms with Crippen LogP contribution in [0.15, 0.2) is 66.9 Å². The number of pyridine rings is 1. The molecule has 0 spiro atoms. The van der Waals surface area contributed by atoms with E-state index in [2.05, 4.69) is 81.7 Å². The van der Waals surface area contributed by atoms with Crippen molar-refractivity contribution in [3.05, 3.63) is 94.8 Å². The Hall–Kier alpha value is -2.80. The molecule has 1 N–H and O–H groups in total. The Morgan fingerprint density at radius 1 is 1.00 bits per heavy atom. The summed E-state index contributed by atoms with van der Waals surface area (Å²) in [6.45, 7) is 5.93. The fourth-order valence-corrected chi connectivity index (χ4v) is 6.74. The molecule has 6 heteroatoms. The summed E-state index contributed by atoms with van der Waals surface area (Å²) in [5.41, 5.74) is 8.27. The first-order chi connectivity index (χ1) is 18.2. The minimum absolute atomic E-state index is 0.421. The van der Waals surface area contributed by atoms with E-state index in [1.165, 1.54) is 40.9 Å². The third-order valence-electron chi connectivity index (χ3n) is 8.41. The van der Waals surface area contributed by atoms with Crippen LogP contribution in [0.2, 0.25) is 0 Å². The van der Waals surface area contributed by atoms with Gasteiger partial charge < -0.3 is 15.1 Å². The van der Waals surface area contributed by atoms with E-state index in [4.69, 9.17) is 17.2 Å². The smallest absolute Gasteiger partial charge is 0.109 e. The molecule has 2 aromatic carbocycles. The highest BCUT2D eigenvalue weighted by Gasteiger charge is 2.30. The van der Waals surface area contributed by atoms with E-state index in [9.17, 15) is 0 Å². The minimum atomic E-state index is 0.421. The Morgan fingerprint density at radius 3 is 2.65 bits per heavy atom. The average Bonchev–Trinajstić information content (AvgIpc) is 2.96. The van der Waals surface area contributed by atoms with Crippen LogP contribution >= 0.6 is 12.2 Å². The Balaban J connectivity index is 1.12. The van der Waals surface area contributed by atoms with Crippen molar-refractivity contribution in [2.75, 3.05) is 44.7 Å². The highest BCUT2D eigenvalue weighted by molar-refractivity contribution is 7.80. The molecule has 0 amide bonds. The van der Waals surface area contributed by atoms with Crippen LogP contribution in [0.4, 0.5) is 5.69 Å². The van der Waals surface area contributed by atoms with Gasteiger partial charge in [0.15, 0.2) is 0 Å². The van der Waals surface area contributed by atoms with Crippen LogP contribution in [-0.4, -0.2) is 65.6 Å². The topological polar surface area (TPSA) is 34.6 Å². The zero-order valence-corrected chi connectivity index (χ0v) is 22.6. The van der Waals surface area contributed by atoms with E-state index < -0.39 is 0 Å². The molecule has 0 saturated carbocycles. The van der Waals surface area contributed by atoms with Crippen molar-refractivity contribution < 1.29 is 0 Å². The molecule has 37 heavy (non-hydrogen) atoms. The maximum Gasteiger partial charge on any atom is 0.109 e. The van der Waals surface area contributed by atoms with E-state index in [0.29, 0.717) is 12.1 Å². The second kappa shape index (κ2) is 10.9. The van der Waals surface area contributed by atoms with Crippen LogP contribution in [0, 0.1) is 0 Å². The van der Waals surface area contributed by atoms with E-state index in [1.54, 1.807) is 0 Å². The van der Waals surface area contributed by atoms with Gasteiger partial charge in [0.2, 0.25) is 0 Å². The normalized spacial score (nSPS) is 21.5. The van der Waals surface area contributed by atoms with Gasteiger partial charge in [-0.1, -0.05) is 60.7 Å². The molecule has 6 rings (SSSR count). The van der Waals surface area contributed by atoms with Crippen LogP contribution in [0.3, 0.4) is 0 Å². The van der Waals surface area contributed by atoms with Crippen molar-refractivity contribution in [1.29, 1.82) is 0 Å². The third kappa shape index (κ3) is 5.15. The number of piperazine rings is 1. The molecule has 0 radical (unpaired) electrons. The lowest BCUT2D eigenvalue weighted by Gasteiger charge is -2.40. The summed E-state index contributed by atoms with van der Waals surface area (Å²) < 4.78 is 0. The maximum atomic E-state index is 5.82. The molecule has 192 valence electrons. The first-order valence-corrected chi connectivity index (χ1v) is 14.2. The zero-order valence-electron chi connectivity index (χ0n) is 21.8. The number of anilines is 1. The van der Waals surface area contributed by atoms with Gasteiger partial charge in [-0.15, -0.1) is 0 Å². The number of thiocarbonyl (C=S) groups is 1. The Morgan fingerprint density at radius 2 is 1.81 bits per heavy atom. The maximum absolute atomic E-state index is 5.82. The van der Waals surface area contributed by atoms with Crippen LogP contribution in [0.1, 0.15) is 46.8 Å². The zero-order chi connectivity index (χ0) is 25.2. The second-order valence-electron chi connectivity index (χ2n) is 10.7. The molecule has 1 fully saturated rings. The number of benzene rings is 2. The lowest BCUT2D eigenvalue weighted by molar-refractivity contribution is 0.191. The van der Waals surface area contributed by atoms with E-state index in [0.717, 1.165) is 62.7 Å². The first-order valence-electron chi connectivity index (χ1n) is 13.7. The predicted octanol–water partition coefficient (Wildman–Crippen LogP) is 4.60. The van der Waals surface area contributed by atoms with Gasteiger partial charge in [0.1, 0.15) is 4.99 Å². The van der Waals surface area contributed by atoms with Gasteiger partial charge in [-0.25, -0.2) is 0 Å². The quantitative estimate of drug-likeness (QED) is 0.505. The van der Waals surface area contributed by atoms with Gasteiger partial charge in [-0.3, -0.25) is 9.88 Å². The second-order valence-corrected chi connectivity index (χ2v) is 11.1. The number of nitrogens with zero attached hydrogens (tertiary/aromatic N) is 4. The van der Waals surface area contributed by atoms with Gasteiger partial charge in [-0.05, 0) is 61.6 Å². The number of aryl methyl sites for hydroxylation is 1. The van der Waals surface area contributed by atoms with Crippen molar-refractivity contribution in [2.45, 2.75) is 44.3 Å². The summed E-state index contributed by atoms with van der Waals surface area (Å²) in [6.07, 6.45) is 6.64. The fourth-order valence-electron chi connectivity index (χ4n) is 6.42. The van der Waals surface area contributed by atoms with Crippen LogP contribution in [0.25, 0.3) is 0 Å². The monoisotopic (exact) mass is 511 g/mol. The van der Waals surface area contributed by atoms with Crippen LogP contribution < -0.4 is 10.2 Å². The summed E-state index contributed by atoms with van der Waals surface area (Å²) >= 11 is 5.82. The number of aromatic nitrogens is 1. The predicted molar refractivity (Wildman–Crippen MR) is 155 cm³/mol. The SMILES string of the molecule is CN(C[C@H]1Cc2c(cccc2N2CCN(C(=S)c3ccccc3)CC2)CN1)[C@H]1CCCc2cccnc21.